The molecule has 0 saturated carbocycles. The number of hydrogen-bond donors (Lipinski definition) is 0. The van der Waals surface area contributed by atoms with Crippen molar-refractivity contribution in [3.8, 4) is 53.7 Å². The SMILES string of the molecule is O=c1nc(SSc2ccn(-c3nc(-c4ccccc4)sc3-c3ccccc3)c(=O)n2)ccn1-c1nc(-c2ccccc2)sc1-c1ccccc1. The molecule has 8 nitrogen and oxygen atoms in total. The highest BCUT2D eigenvalue weighted by atomic mass is 33.1. The van der Waals surface area contributed by atoms with Crippen LogP contribution in [0.4, 0.5) is 0 Å². The molecule has 0 aliphatic heterocycles. The quantitative estimate of drug-likeness (QED) is 0.107. The van der Waals surface area contributed by atoms with E-state index in [-0.39, 0.29) is 0 Å². The van der Waals surface area contributed by atoms with Crippen molar-refractivity contribution in [3.63, 3.8) is 0 Å². The van der Waals surface area contributed by atoms with Gasteiger partial charge in [-0.05, 0) is 44.8 Å². The number of benzene rings is 4. The Labute approximate surface area is 302 Å². The molecule has 0 bridgehead atoms. The third-order valence-electron chi connectivity index (χ3n) is 7.56. The number of rotatable bonds is 9. The summed E-state index contributed by atoms with van der Waals surface area (Å²) in [6.45, 7) is 0. The Morgan fingerprint density at radius 2 is 0.760 bits per heavy atom. The van der Waals surface area contributed by atoms with Gasteiger partial charge in [0.1, 0.15) is 20.1 Å². The molecule has 0 saturated heterocycles. The van der Waals surface area contributed by atoms with Crippen molar-refractivity contribution in [2.45, 2.75) is 10.1 Å². The zero-order valence-electron chi connectivity index (χ0n) is 26.0. The fourth-order valence-corrected chi connectivity index (χ4v) is 9.03. The summed E-state index contributed by atoms with van der Waals surface area (Å²) in [5, 5.41) is 2.60. The van der Waals surface area contributed by atoms with E-state index in [1.54, 1.807) is 24.5 Å². The normalized spacial score (nSPS) is 11.1. The molecule has 0 radical (unpaired) electrons. The Kier molecular flexibility index (Phi) is 9.05. The first-order valence-electron chi connectivity index (χ1n) is 15.4. The maximum Gasteiger partial charge on any atom is 0.354 e. The van der Waals surface area contributed by atoms with Gasteiger partial charge < -0.3 is 0 Å². The average molecular weight is 725 g/mol. The van der Waals surface area contributed by atoms with Gasteiger partial charge in [0.2, 0.25) is 0 Å². The molecule has 4 aromatic carbocycles. The largest absolute Gasteiger partial charge is 0.354 e. The van der Waals surface area contributed by atoms with E-state index in [9.17, 15) is 9.59 Å². The molecule has 0 aliphatic rings. The lowest BCUT2D eigenvalue weighted by Gasteiger charge is -2.07. The van der Waals surface area contributed by atoms with Gasteiger partial charge in [0.25, 0.3) is 0 Å². The minimum absolute atomic E-state index is 0.452. The van der Waals surface area contributed by atoms with E-state index >= 15 is 0 Å². The molecule has 0 amide bonds. The van der Waals surface area contributed by atoms with Crippen molar-refractivity contribution in [1.82, 2.24) is 29.1 Å². The molecular formula is C38H24N6O2S4. The highest BCUT2D eigenvalue weighted by Gasteiger charge is 2.20. The first kappa shape index (κ1) is 31.8. The van der Waals surface area contributed by atoms with Crippen LogP contribution >= 0.6 is 44.3 Å². The van der Waals surface area contributed by atoms with E-state index < -0.39 is 11.4 Å². The van der Waals surface area contributed by atoms with Gasteiger partial charge in [-0.15, -0.1) is 22.7 Å². The Morgan fingerprint density at radius 3 is 1.10 bits per heavy atom. The van der Waals surface area contributed by atoms with Crippen LogP contribution in [0.15, 0.2) is 165 Å². The molecule has 242 valence electrons. The summed E-state index contributed by atoms with van der Waals surface area (Å²) in [7, 11) is 2.51. The third kappa shape index (κ3) is 6.61. The molecule has 0 spiro atoms. The number of thiazole rings is 2. The molecule has 8 rings (SSSR count). The summed E-state index contributed by atoms with van der Waals surface area (Å²) in [4.78, 5) is 47.0. The first-order valence-corrected chi connectivity index (χ1v) is 19.2. The van der Waals surface area contributed by atoms with Crippen molar-refractivity contribution in [1.29, 1.82) is 0 Å². The highest BCUT2D eigenvalue weighted by Crippen LogP contribution is 2.39. The van der Waals surface area contributed by atoms with Crippen LogP contribution in [0.3, 0.4) is 0 Å². The van der Waals surface area contributed by atoms with E-state index in [4.69, 9.17) is 9.97 Å². The van der Waals surface area contributed by atoms with Crippen LogP contribution in [-0.4, -0.2) is 29.1 Å². The second-order valence-corrected chi connectivity index (χ2v) is 15.0. The average Bonchev–Trinajstić information content (AvgIpc) is 3.82. The third-order valence-corrected chi connectivity index (χ3v) is 12.0. The molecule has 0 N–H and O–H groups in total. The molecule has 0 fully saturated rings. The van der Waals surface area contributed by atoms with Gasteiger partial charge in [-0.25, -0.2) is 19.6 Å². The lowest BCUT2D eigenvalue weighted by molar-refractivity contribution is 0.850. The molecule has 12 heteroatoms. The van der Waals surface area contributed by atoms with Gasteiger partial charge in [0.15, 0.2) is 11.6 Å². The first-order chi connectivity index (χ1) is 24.6. The molecule has 50 heavy (non-hydrogen) atoms. The number of aromatic nitrogens is 6. The lowest BCUT2D eigenvalue weighted by Crippen LogP contribution is -2.22. The summed E-state index contributed by atoms with van der Waals surface area (Å²) in [6, 6.07) is 43.1. The lowest BCUT2D eigenvalue weighted by atomic mass is 10.2. The van der Waals surface area contributed by atoms with Gasteiger partial charge in [0, 0.05) is 23.5 Å². The summed E-state index contributed by atoms with van der Waals surface area (Å²) >= 11 is 3.06. The van der Waals surface area contributed by atoms with Crippen molar-refractivity contribution < 1.29 is 0 Å². The molecule has 0 atom stereocenters. The van der Waals surface area contributed by atoms with E-state index in [0.717, 1.165) is 42.0 Å². The molecule has 0 unspecified atom stereocenters. The molecular weight excluding hydrogens is 701 g/mol. The second kappa shape index (κ2) is 14.2. The van der Waals surface area contributed by atoms with Gasteiger partial charge >= 0.3 is 11.4 Å². The molecule has 0 aliphatic carbocycles. The Hall–Kier alpha value is -5.40. The second-order valence-electron chi connectivity index (χ2n) is 10.8. The van der Waals surface area contributed by atoms with Crippen LogP contribution in [0, 0.1) is 0 Å². The summed E-state index contributed by atoms with van der Waals surface area (Å²) < 4.78 is 2.95. The zero-order chi connectivity index (χ0) is 33.9. The van der Waals surface area contributed by atoms with Crippen LogP contribution in [0.25, 0.3) is 53.7 Å². The zero-order valence-corrected chi connectivity index (χ0v) is 29.3. The van der Waals surface area contributed by atoms with Crippen LogP contribution in [0.1, 0.15) is 0 Å². The summed E-state index contributed by atoms with van der Waals surface area (Å²) in [6.07, 6.45) is 3.38. The van der Waals surface area contributed by atoms with Crippen LogP contribution in [0.5, 0.6) is 0 Å². The number of nitrogens with zero attached hydrogens (tertiary/aromatic N) is 6. The molecule has 8 aromatic rings. The predicted molar refractivity (Wildman–Crippen MR) is 204 cm³/mol. The van der Waals surface area contributed by atoms with Gasteiger partial charge in [0.05, 0.1) is 9.75 Å². The Bertz CT molecular complexity index is 2360. The Balaban J connectivity index is 1.06. The fourth-order valence-electron chi connectivity index (χ4n) is 5.19. The van der Waals surface area contributed by atoms with Gasteiger partial charge in [-0.1, -0.05) is 121 Å². The standard InChI is InChI=1S/C38H24N6O2S4/c45-37-39-29(21-23-43(37)33-31(25-13-5-1-6-14-25)47-35(41-33)27-17-9-3-10-18-27)49-50-30-22-24-44(38(46)40-30)34-32(26-15-7-2-8-16-26)48-36(42-34)28-19-11-4-12-20-28/h1-24H. The molecule has 4 aromatic heterocycles. The van der Waals surface area contributed by atoms with Gasteiger partial charge in [-0.2, -0.15) is 9.97 Å². The maximum absolute atomic E-state index is 13.4. The van der Waals surface area contributed by atoms with Crippen molar-refractivity contribution in [3.05, 3.63) is 167 Å². The van der Waals surface area contributed by atoms with E-state index in [2.05, 4.69) is 9.97 Å². The van der Waals surface area contributed by atoms with Crippen molar-refractivity contribution >= 4 is 44.3 Å². The van der Waals surface area contributed by atoms with E-state index in [1.165, 1.54) is 53.4 Å². The molecule has 4 heterocycles. The van der Waals surface area contributed by atoms with E-state index in [0.29, 0.717) is 21.7 Å². The fraction of sp³-hybridized carbons (Fsp3) is 0. The van der Waals surface area contributed by atoms with Crippen molar-refractivity contribution in [2.24, 2.45) is 0 Å². The smallest absolute Gasteiger partial charge is 0.250 e. The number of hydrogen-bond acceptors (Lipinski definition) is 10. The summed E-state index contributed by atoms with van der Waals surface area (Å²) in [5.74, 6) is 1.05. The van der Waals surface area contributed by atoms with Crippen LogP contribution < -0.4 is 11.4 Å². The van der Waals surface area contributed by atoms with E-state index in [1.807, 2.05) is 121 Å². The monoisotopic (exact) mass is 724 g/mol. The van der Waals surface area contributed by atoms with Gasteiger partial charge in [-0.3, -0.25) is 9.13 Å². The maximum atomic E-state index is 13.4. The minimum atomic E-state index is -0.452. The predicted octanol–water partition coefficient (Wildman–Crippen LogP) is 9.16. The van der Waals surface area contributed by atoms with Crippen LogP contribution in [0.2, 0.25) is 0 Å². The topological polar surface area (TPSA) is 95.6 Å². The highest BCUT2D eigenvalue weighted by molar-refractivity contribution is 8.76. The minimum Gasteiger partial charge on any atom is -0.250 e. The Morgan fingerprint density at radius 1 is 0.420 bits per heavy atom. The summed E-state index contributed by atoms with van der Waals surface area (Å²) in [5.41, 5.74) is 2.98. The van der Waals surface area contributed by atoms with Crippen LogP contribution in [-0.2, 0) is 0 Å². The van der Waals surface area contributed by atoms with Crippen molar-refractivity contribution in [2.75, 3.05) is 0 Å².